The van der Waals surface area contributed by atoms with Crippen LogP contribution in [0, 0.1) is 23.7 Å². The van der Waals surface area contributed by atoms with Crippen molar-refractivity contribution in [1.82, 2.24) is 59.9 Å². The first kappa shape index (κ1) is 106. The summed E-state index contributed by atoms with van der Waals surface area (Å²) < 4.78 is 10.6. The molecule has 0 radical (unpaired) electrons. The van der Waals surface area contributed by atoms with Gasteiger partial charge in [0.15, 0.2) is 0 Å². The third-order valence-electron chi connectivity index (χ3n) is 25.4. The Bertz CT molecular complexity index is 6800. The lowest BCUT2D eigenvalue weighted by atomic mass is 9.89. The Morgan fingerprint density at radius 3 is 0.951 bits per heavy atom. The number of carbonyl (C=O) groups is 10. The first-order valence-corrected chi connectivity index (χ1v) is 48.5. The van der Waals surface area contributed by atoms with E-state index in [0.717, 1.165) is 134 Å². The molecule has 35 nitrogen and oxygen atoms in total. The van der Waals surface area contributed by atoms with Crippen LogP contribution < -0.4 is 60.3 Å². The number of amides is 7. The number of nitrogens with one attached hydrogen (secondary N) is 9. The Morgan fingerprint density at radius 1 is 0.371 bits per heavy atom. The molecular weight excluding hydrogens is 1820 g/mol. The Hall–Kier alpha value is -15.4. The summed E-state index contributed by atoms with van der Waals surface area (Å²) in [5.41, 5.74) is 23.1. The molecule has 0 bridgehead atoms. The number of ether oxygens (including phenoxy) is 2. The van der Waals surface area contributed by atoms with E-state index in [-0.39, 0.29) is 70.8 Å². The Kier molecular flexibility index (Phi) is 35.5. The fourth-order valence-electron chi connectivity index (χ4n) is 18.0. The number of pyridine rings is 8. The molecule has 4 aliphatic heterocycles. The first-order chi connectivity index (χ1) is 68.0. The average molecular weight is 1950 g/mol. The van der Waals surface area contributed by atoms with Crippen molar-refractivity contribution < 1.29 is 62.5 Å². The van der Waals surface area contributed by atoms with Gasteiger partial charge in [-0.3, -0.25) is 72.3 Å². The number of aliphatic carboxylic acids is 1. The van der Waals surface area contributed by atoms with Crippen molar-refractivity contribution in [3.05, 3.63) is 268 Å². The summed E-state index contributed by atoms with van der Waals surface area (Å²) in [5, 5.41) is 26.2. The number of H-pyrrole nitrogens is 4. The minimum Gasteiger partial charge on any atom is -0.474 e. The van der Waals surface area contributed by atoms with Crippen molar-refractivity contribution >= 4 is 137 Å². The molecule has 0 spiro atoms. The number of aromatic nitrogens is 8. The molecule has 0 aliphatic carbocycles. The molecule has 0 unspecified atom stereocenters. The van der Waals surface area contributed by atoms with Crippen LogP contribution >= 0.6 is 0 Å². The molecule has 752 valence electrons. The van der Waals surface area contributed by atoms with E-state index in [1.54, 1.807) is 84.0 Å². The fraction of sp³-hybridized carbons (Fsp3) is 0.389. The van der Waals surface area contributed by atoms with Crippen molar-refractivity contribution in [2.45, 2.75) is 222 Å². The second-order valence-electron chi connectivity index (χ2n) is 39.0. The summed E-state index contributed by atoms with van der Waals surface area (Å²) in [6, 6.07) is 43.3. The number of rotatable bonds is 16. The summed E-state index contributed by atoms with van der Waals surface area (Å²) in [7, 11) is 0. The van der Waals surface area contributed by atoms with Crippen LogP contribution in [-0.4, -0.2) is 156 Å². The number of carboxylic acids is 1. The zero-order valence-corrected chi connectivity index (χ0v) is 83.3. The van der Waals surface area contributed by atoms with Gasteiger partial charge in [-0.05, 0) is 312 Å². The Balaban J connectivity index is 0.000000163. The molecule has 35 heteroatoms. The van der Waals surface area contributed by atoms with Gasteiger partial charge in [0.1, 0.15) is 22.8 Å². The number of piperidine rings is 4. The maximum absolute atomic E-state index is 13.4. The highest BCUT2D eigenvalue weighted by Crippen LogP contribution is 2.39. The van der Waals surface area contributed by atoms with E-state index in [0.29, 0.717) is 103 Å². The number of nitrogen functional groups attached to an aromatic ring is 2. The standard InChI is InChI=1S/C30H36N4O5.2C24H27N5O3.C15H20N2O5.C15H18N2O/c1-6-19-14-22(16-31-24(19)15-27(36)39-30(3,4)5)32-28(37)29(38)34-17-18(2)7-11-25(34)21-8-10-23-20(13-21)9-12-26(35)33-23;2*1-3-15-11-18(12-26-22(15)25)27-23(31)24(32)29-13-14(2)4-8-20(29)17-5-7-19-16(10-17)6-9-21(30)28-19;1-5-9-6-10(17-13(19)14(20)21)8-16-11(9)7-12(18)22-15(2,3)4;1-10-2-5-13(16-9-10)11-3-6-14-12(8-11)4-7-15(18)17-14/h8-10,12-14,16,18,25H,6-7,11,15,17H2,1-5H3,(H,32,37)(H,33,35);2*5-7,9-12,14,20H,3-4,8,13H2,1-2H3,(H2,25,26)(H,27,31)(H,28,30);6,8H,5,7H2,1-4H3,(H,17,19)(H,20,21);3-4,6-8,10,13,16H,2,5,9H2,1H3,(H,17,18)/t18-,25+;2*14-,20+;;10-,13+/m000.0/s1. The van der Waals surface area contributed by atoms with E-state index >= 15 is 0 Å². The molecule has 7 amide bonds. The summed E-state index contributed by atoms with van der Waals surface area (Å²) in [5.74, 6) is -4.88. The second kappa shape index (κ2) is 47.7. The summed E-state index contributed by atoms with van der Waals surface area (Å²) in [4.78, 5) is 203. The van der Waals surface area contributed by atoms with Crippen molar-refractivity contribution in [2.75, 3.05) is 58.9 Å². The number of fused-ring (bicyclic) bond motifs is 4. The van der Waals surface area contributed by atoms with Gasteiger partial charge in [-0.15, -0.1) is 0 Å². The highest BCUT2D eigenvalue weighted by atomic mass is 16.6. The fourth-order valence-corrected chi connectivity index (χ4v) is 18.0. The lowest BCUT2D eigenvalue weighted by Crippen LogP contribution is -2.46. The van der Waals surface area contributed by atoms with Gasteiger partial charge in [-0.1, -0.05) is 79.7 Å². The zero-order chi connectivity index (χ0) is 103. The van der Waals surface area contributed by atoms with Gasteiger partial charge < -0.3 is 87.3 Å². The summed E-state index contributed by atoms with van der Waals surface area (Å²) in [6.07, 6.45) is 15.9. The number of aryl methyl sites for hydroxylation is 4. The van der Waals surface area contributed by atoms with E-state index in [9.17, 15) is 67.1 Å². The van der Waals surface area contributed by atoms with Gasteiger partial charge in [0, 0.05) is 72.0 Å². The molecular formula is C108H128N18O17. The number of nitrogens with two attached hydrogens (primary N) is 2. The monoisotopic (exact) mass is 1950 g/mol. The third kappa shape index (κ3) is 29.2. The molecule has 8 aromatic heterocycles. The van der Waals surface area contributed by atoms with E-state index in [1.807, 2.05) is 115 Å². The number of nitrogens with zero attached hydrogens (tertiary/aromatic N) is 7. The topological polar surface area (TPSA) is 514 Å². The maximum Gasteiger partial charge on any atom is 0.394 e. The van der Waals surface area contributed by atoms with Crippen LogP contribution in [0.3, 0.4) is 0 Å². The molecule has 16 rings (SSSR count). The van der Waals surface area contributed by atoms with E-state index in [2.05, 4.69) is 106 Å². The van der Waals surface area contributed by atoms with Crippen LogP contribution in [0.2, 0.25) is 0 Å². The van der Waals surface area contributed by atoms with Crippen LogP contribution in [0.5, 0.6) is 0 Å². The normalized spacial score (nSPS) is 17.8. The molecule has 12 heterocycles. The molecule has 0 saturated carbocycles. The molecule has 4 aromatic carbocycles. The maximum atomic E-state index is 13.4. The molecule has 4 saturated heterocycles. The van der Waals surface area contributed by atoms with Crippen LogP contribution in [0.15, 0.2) is 190 Å². The molecule has 4 aliphatic rings. The van der Waals surface area contributed by atoms with Crippen molar-refractivity contribution in [3.63, 3.8) is 0 Å². The number of hydrogen-bond donors (Lipinski definition) is 12. The van der Waals surface area contributed by atoms with Gasteiger partial charge in [0.2, 0.25) is 22.2 Å². The molecule has 12 aromatic rings. The van der Waals surface area contributed by atoms with E-state index in [4.69, 9.17) is 26.0 Å². The van der Waals surface area contributed by atoms with E-state index in [1.165, 1.54) is 61.4 Å². The van der Waals surface area contributed by atoms with Crippen LogP contribution in [0.25, 0.3) is 43.6 Å². The van der Waals surface area contributed by atoms with Crippen LogP contribution in [0.1, 0.15) is 228 Å². The smallest absolute Gasteiger partial charge is 0.394 e. The number of carbonyl (C=O) groups excluding carboxylic acids is 9. The molecule has 14 N–H and O–H groups in total. The lowest BCUT2D eigenvalue weighted by Gasteiger charge is -2.38. The van der Waals surface area contributed by atoms with Crippen LogP contribution in [0.4, 0.5) is 34.4 Å². The highest BCUT2D eigenvalue weighted by molar-refractivity contribution is 6.41. The van der Waals surface area contributed by atoms with Gasteiger partial charge in [-0.25, -0.2) is 14.8 Å². The summed E-state index contributed by atoms with van der Waals surface area (Å²) >= 11 is 0. The number of benzene rings is 4. The van der Waals surface area contributed by atoms with Gasteiger partial charge in [-0.2, -0.15) is 0 Å². The van der Waals surface area contributed by atoms with Gasteiger partial charge >= 0.3 is 59.3 Å². The summed E-state index contributed by atoms with van der Waals surface area (Å²) in [6.45, 7) is 29.6. The highest BCUT2D eigenvalue weighted by Gasteiger charge is 2.39. The SMILES string of the molecule is CCc1cc(NC(=O)C(=O)N2C[C@@H](C)CC[C@@H]2c2ccc3[nH]c(=O)ccc3c2)cnc1CC(=O)OC(C)(C)C.CCc1cc(NC(=O)C(=O)N2C[C@@H](C)CC[C@@H]2c2ccc3[nH]c(=O)ccc3c2)cnc1N.CCc1cc(NC(=O)C(=O)N2C[C@@H](C)CC[C@@H]2c2ccc3[nH]c(=O)ccc3c2)cnc1N.CCc1cc(NC(=O)C(=O)O)cnc1CC(=O)OC(C)(C)C.C[C@H]1CC[C@H](c2ccc3[nH]c(=O)ccc3c2)NC1. The predicted octanol–water partition coefficient (Wildman–Crippen LogP) is 14.5. The zero-order valence-electron chi connectivity index (χ0n) is 83.3. The number of aromatic amines is 4. The number of anilines is 6. The van der Waals surface area contributed by atoms with Gasteiger partial charge in [0.25, 0.3) is 0 Å². The molecule has 143 heavy (non-hydrogen) atoms. The Labute approximate surface area is 827 Å². The van der Waals surface area contributed by atoms with Crippen molar-refractivity contribution in [2.24, 2.45) is 23.7 Å². The lowest BCUT2D eigenvalue weighted by molar-refractivity contribution is -0.155. The largest absolute Gasteiger partial charge is 0.474 e. The van der Waals surface area contributed by atoms with Crippen molar-refractivity contribution in [1.29, 1.82) is 0 Å². The minimum atomic E-state index is -1.57. The van der Waals surface area contributed by atoms with Crippen molar-refractivity contribution in [3.8, 4) is 0 Å². The quantitative estimate of drug-likeness (QED) is 0.0316. The Morgan fingerprint density at radius 2 is 0.657 bits per heavy atom. The average Bonchev–Trinajstić information content (AvgIpc) is 0.793. The van der Waals surface area contributed by atoms with E-state index < -0.39 is 64.5 Å². The first-order valence-electron chi connectivity index (χ1n) is 48.5. The number of carboxylic acid groups (broad SMARTS) is 1. The number of likely N-dealkylation sites (tertiary alicyclic amines) is 3. The molecule has 8 atom stereocenters. The minimum absolute atomic E-state index is 0.0214. The number of hydrogen-bond acceptors (Lipinski definition) is 23. The molecule has 4 fully saturated rings. The van der Waals surface area contributed by atoms with Crippen LogP contribution in [-0.2, 0) is 95.9 Å². The number of esters is 2. The van der Waals surface area contributed by atoms with Gasteiger partial charge in [0.05, 0.1) is 89.9 Å². The second-order valence-corrected chi connectivity index (χ2v) is 39.0. The predicted molar refractivity (Wildman–Crippen MR) is 551 cm³/mol. The third-order valence-corrected chi connectivity index (χ3v) is 25.4.